The molecule has 0 saturated heterocycles. The highest BCUT2D eigenvalue weighted by atomic mass is 16.5. The lowest BCUT2D eigenvalue weighted by atomic mass is 10.00. The number of hydrogen-bond acceptors (Lipinski definition) is 5. The van der Waals surface area contributed by atoms with Crippen LogP contribution in [0.3, 0.4) is 0 Å². The van der Waals surface area contributed by atoms with E-state index in [1.165, 1.54) is 13.4 Å². The number of nitrogen functional groups attached to an aromatic ring is 1. The summed E-state index contributed by atoms with van der Waals surface area (Å²) in [4.78, 5) is 21.2. The Kier molecular flexibility index (Phi) is 5.20. The summed E-state index contributed by atoms with van der Waals surface area (Å²) in [7, 11) is 3.45. The van der Waals surface area contributed by atoms with Gasteiger partial charge in [-0.3, -0.25) is 4.79 Å². The lowest BCUT2D eigenvalue weighted by Gasteiger charge is -2.16. The fourth-order valence-corrected chi connectivity index (χ4v) is 3.71. The number of anilines is 2. The van der Waals surface area contributed by atoms with Crippen molar-refractivity contribution in [3.8, 4) is 11.1 Å². The SMILES string of the molecule is CO[C@H](C(=O)Nc1ccc(-c2cn(C)c3ncnc(N)c23)c(C)c1)c1ccccc1. The maximum absolute atomic E-state index is 12.8. The molecule has 0 aliphatic carbocycles. The zero-order valence-corrected chi connectivity index (χ0v) is 17.1. The third kappa shape index (κ3) is 3.51. The molecular weight excluding hydrogens is 378 g/mol. The Morgan fingerprint density at radius 3 is 2.60 bits per heavy atom. The zero-order chi connectivity index (χ0) is 21.3. The van der Waals surface area contributed by atoms with E-state index in [1.54, 1.807) is 0 Å². The lowest BCUT2D eigenvalue weighted by molar-refractivity contribution is -0.126. The molecular formula is C23H23N5O2. The molecule has 0 aliphatic heterocycles. The monoisotopic (exact) mass is 401 g/mol. The number of nitrogens with zero attached hydrogens (tertiary/aromatic N) is 3. The Labute approximate surface area is 174 Å². The number of aromatic nitrogens is 3. The fraction of sp³-hybridized carbons (Fsp3) is 0.174. The molecule has 0 spiro atoms. The molecule has 1 amide bonds. The summed E-state index contributed by atoms with van der Waals surface area (Å²) in [5.41, 5.74) is 11.4. The summed E-state index contributed by atoms with van der Waals surface area (Å²) in [6, 6.07) is 15.2. The van der Waals surface area contributed by atoms with Gasteiger partial charge >= 0.3 is 0 Å². The zero-order valence-electron chi connectivity index (χ0n) is 17.1. The molecule has 2 aromatic carbocycles. The van der Waals surface area contributed by atoms with Gasteiger partial charge in [-0.05, 0) is 35.7 Å². The third-order valence-electron chi connectivity index (χ3n) is 5.14. The Balaban J connectivity index is 1.64. The quantitative estimate of drug-likeness (QED) is 0.530. The number of methoxy groups -OCH3 is 1. The van der Waals surface area contributed by atoms with Gasteiger partial charge in [0, 0.05) is 31.6 Å². The van der Waals surface area contributed by atoms with Crippen molar-refractivity contribution in [3.05, 3.63) is 72.2 Å². The number of carbonyl (C=O) groups excluding carboxylic acids is 1. The van der Waals surface area contributed by atoms with Crippen LogP contribution in [-0.2, 0) is 16.6 Å². The topological polar surface area (TPSA) is 95.1 Å². The third-order valence-corrected chi connectivity index (χ3v) is 5.14. The number of aryl methyl sites for hydroxylation is 2. The van der Waals surface area contributed by atoms with Gasteiger partial charge in [-0.1, -0.05) is 36.4 Å². The minimum Gasteiger partial charge on any atom is -0.383 e. The number of carbonyl (C=O) groups is 1. The van der Waals surface area contributed by atoms with E-state index in [1.807, 2.05) is 73.3 Å². The molecule has 7 heteroatoms. The van der Waals surface area contributed by atoms with Crippen molar-refractivity contribution < 1.29 is 9.53 Å². The van der Waals surface area contributed by atoms with Gasteiger partial charge in [0.1, 0.15) is 17.8 Å². The van der Waals surface area contributed by atoms with Gasteiger partial charge in [-0.25, -0.2) is 9.97 Å². The maximum Gasteiger partial charge on any atom is 0.258 e. The minimum atomic E-state index is -0.679. The Morgan fingerprint density at radius 2 is 1.90 bits per heavy atom. The van der Waals surface area contributed by atoms with Crippen LogP contribution in [0.15, 0.2) is 61.1 Å². The molecule has 0 radical (unpaired) electrons. The number of ether oxygens (including phenoxy) is 1. The lowest BCUT2D eigenvalue weighted by Crippen LogP contribution is -2.22. The molecule has 0 aliphatic rings. The maximum atomic E-state index is 12.8. The average Bonchev–Trinajstić information content (AvgIpc) is 3.07. The van der Waals surface area contributed by atoms with Crippen LogP contribution in [0.2, 0.25) is 0 Å². The molecule has 0 bridgehead atoms. The number of rotatable bonds is 5. The number of nitrogens with two attached hydrogens (primary N) is 1. The first kappa shape index (κ1) is 19.6. The Hall–Kier alpha value is -3.71. The number of amides is 1. The number of hydrogen-bond donors (Lipinski definition) is 2. The van der Waals surface area contributed by atoms with E-state index in [0.29, 0.717) is 11.5 Å². The van der Waals surface area contributed by atoms with E-state index >= 15 is 0 Å². The highest BCUT2D eigenvalue weighted by molar-refractivity contribution is 6.01. The predicted octanol–water partition coefficient (Wildman–Crippen LogP) is 3.85. The van der Waals surface area contributed by atoms with Crippen molar-refractivity contribution in [2.24, 2.45) is 7.05 Å². The molecule has 30 heavy (non-hydrogen) atoms. The first-order chi connectivity index (χ1) is 14.5. The van der Waals surface area contributed by atoms with Crippen molar-refractivity contribution in [1.29, 1.82) is 0 Å². The molecule has 0 saturated carbocycles. The van der Waals surface area contributed by atoms with Crippen LogP contribution in [-0.4, -0.2) is 27.6 Å². The van der Waals surface area contributed by atoms with Crippen LogP contribution >= 0.6 is 0 Å². The summed E-state index contributed by atoms with van der Waals surface area (Å²) in [5.74, 6) is 0.219. The Bertz CT molecular complexity index is 1220. The normalized spacial score (nSPS) is 12.1. The first-order valence-corrected chi connectivity index (χ1v) is 9.54. The second-order valence-electron chi connectivity index (χ2n) is 7.16. The van der Waals surface area contributed by atoms with E-state index in [0.717, 1.165) is 33.3 Å². The van der Waals surface area contributed by atoms with E-state index < -0.39 is 6.10 Å². The van der Waals surface area contributed by atoms with Gasteiger partial charge < -0.3 is 20.4 Å². The van der Waals surface area contributed by atoms with Gasteiger partial charge in [0.2, 0.25) is 0 Å². The summed E-state index contributed by atoms with van der Waals surface area (Å²) in [6.07, 6.45) is 2.78. The largest absolute Gasteiger partial charge is 0.383 e. The molecule has 1 atom stereocenters. The van der Waals surface area contributed by atoms with Crippen molar-refractivity contribution in [1.82, 2.24) is 14.5 Å². The van der Waals surface area contributed by atoms with Gasteiger partial charge in [0.15, 0.2) is 6.10 Å². The van der Waals surface area contributed by atoms with E-state index in [-0.39, 0.29) is 5.91 Å². The summed E-state index contributed by atoms with van der Waals surface area (Å²) in [5, 5.41) is 3.77. The molecule has 0 fully saturated rings. The average molecular weight is 401 g/mol. The number of benzene rings is 2. The first-order valence-electron chi connectivity index (χ1n) is 9.54. The van der Waals surface area contributed by atoms with E-state index in [4.69, 9.17) is 10.5 Å². The number of nitrogens with one attached hydrogen (secondary N) is 1. The predicted molar refractivity (Wildman–Crippen MR) is 118 cm³/mol. The van der Waals surface area contributed by atoms with Crippen LogP contribution in [0.5, 0.6) is 0 Å². The highest BCUT2D eigenvalue weighted by Gasteiger charge is 2.20. The van der Waals surface area contributed by atoms with Gasteiger partial charge in [0.05, 0.1) is 5.39 Å². The fourth-order valence-electron chi connectivity index (χ4n) is 3.71. The molecule has 0 unspecified atom stereocenters. The summed E-state index contributed by atoms with van der Waals surface area (Å²) in [6.45, 7) is 1.99. The summed E-state index contributed by atoms with van der Waals surface area (Å²) >= 11 is 0. The number of fused-ring (bicyclic) bond motifs is 1. The van der Waals surface area contributed by atoms with Crippen LogP contribution < -0.4 is 11.1 Å². The van der Waals surface area contributed by atoms with Gasteiger partial charge in [0.25, 0.3) is 5.91 Å². The van der Waals surface area contributed by atoms with Crippen molar-refractivity contribution >= 4 is 28.4 Å². The Morgan fingerprint density at radius 1 is 1.13 bits per heavy atom. The van der Waals surface area contributed by atoms with E-state index in [9.17, 15) is 4.79 Å². The molecule has 3 N–H and O–H groups in total. The molecule has 4 rings (SSSR count). The standard InChI is InChI=1S/C23H23N5O2/c1-14-11-16(27-23(29)20(30-3)15-7-5-4-6-8-15)9-10-17(14)18-12-28(2)22-19(18)21(24)25-13-26-22/h4-13,20H,1-3H3,(H,27,29)(H2,24,25,26)/t20-/m0/s1. The molecule has 2 heterocycles. The van der Waals surface area contributed by atoms with Crippen LogP contribution in [0, 0.1) is 6.92 Å². The second kappa shape index (κ2) is 7.96. The molecule has 7 nitrogen and oxygen atoms in total. The van der Waals surface area contributed by atoms with Crippen molar-refractivity contribution in [3.63, 3.8) is 0 Å². The van der Waals surface area contributed by atoms with Crippen LogP contribution in [0.25, 0.3) is 22.2 Å². The van der Waals surface area contributed by atoms with Gasteiger partial charge in [-0.15, -0.1) is 0 Å². The molecule has 2 aromatic heterocycles. The minimum absolute atomic E-state index is 0.223. The second-order valence-corrected chi connectivity index (χ2v) is 7.16. The van der Waals surface area contributed by atoms with Crippen LogP contribution in [0.1, 0.15) is 17.2 Å². The summed E-state index contributed by atoms with van der Waals surface area (Å²) < 4.78 is 7.35. The smallest absolute Gasteiger partial charge is 0.258 e. The van der Waals surface area contributed by atoms with Crippen molar-refractivity contribution in [2.75, 3.05) is 18.2 Å². The van der Waals surface area contributed by atoms with Gasteiger partial charge in [-0.2, -0.15) is 0 Å². The molecule has 4 aromatic rings. The van der Waals surface area contributed by atoms with Crippen LogP contribution in [0.4, 0.5) is 11.5 Å². The van der Waals surface area contributed by atoms with E-state index in [2.05, 4.69) is 15.3 Å². The highest BCUT2D eigenvalue weighted by Crippen LogP contribution is 2.35. The molecule has 152 valence electrons. The van der Waals surface area contributed by atoms with Crippen molar-refractivity contribution in [2.45, 2.75) is 13.0 Å².